The molecule has 2 heterocycles. The van der Waals surface area contributed by atoms with Crippen molar-refractivity contribution in [2.24, 2.45) is 5.92 Å². The van der Waals surface area contributed by atoms with E-state index in [9.17, 15) is 4.79 Å². The lowest BCUT2D eigenvalue weighted by atomic mass is 9.87. The van der Waals surface area contributed by atoms with Crippen LogP contribution < -0.4 is 0 Å². The fourth-order valence-electron chi connectivity index (χ4n) is 3.26. The van der Waals surface area contributed by atoms with E-state index in [1.165, 1.54) is 30.2 Å². The SMILES string of the molecule is CC1CCN(CN2C(=O)/C(=C/c3ccc(C(C)(C)C)cc3)SC2=S)CC1. The van der Waals surface area contributed by atoms with E-state index in [1.807, 2.05) is 6.08 Å². The van der Waals surface area contributed by atoms with Gasteiger partial charge in [-0.05, 0) is 41.4 Å². The van der Waals surface area contributed by atoms with Crippen molar-refractivity contribution in [3.8, 4) is 0 Å². The molecule has 0 radical (unpaired) electrons. The van der Waals surface area contributed by atoms with Crippen LogP contribution in [0.15, 0.2) is 29.2 Å². The zero-order valence-electron chi connectivity index (χ0n) is 16.1. The lowest BCUT2D eigenvalue weighted by molar-refractivity contribution is -0.123. The van der Waals surface area contributed by atoms with Crippen molar-refractivity contribution in [2.45, 2.75) is 46.0 Å². The van der Waals surface area contributed by atoms with Gasteiger partial charge in [-0.15, -0.1) is 0 Å². The summed E-state index contributed by atoms with van der Waals surface area (Å²) in [6, 6.07) is 8.45. The molecular weight excluding hydrogens is 360 g/mol. The summed E-state index contributed by atoms with van der Waals surface area (Å²) in [5, 5.41) is 0. The van der Waals surface area contributed by atoms with Crippen LogP contribution in [0.25, 0.3) is 6.08 Å². The van der Waals surface area contributed by atoms with Gasteiger partial charge in [-0.2, -0.15) is 0 Å². The van der Waals surface area contributed by atoms with E-state index in [4.69, 9.17) is 12.2 Å². The molecule has 1 aromatic carbocycles. The van der Waals surface area contributed by atoms with E-state index >= 15 is 0 Å². The van der Waals surface area contributed by atoms with Crippen molar-refractivity contribution in [3.63, 3.8) is 0 Å². The van der Waals surface area contributed by atoms with Crippen LogP contribution in [0.3, 0.4) is 0 Å². The minimum Gasteiger partial charge on any atom is -0.286 e. The number of hydrogen-bond donors (Lipinski definition) is 0. The van der Waals surface area contributed by atoms with E-state index in [-0.39, 0.29) is 11.3 Å². The minimum absolute atomic E-state index is 0.0403. The topological polar surface area (TPSA) is 23.6 Å². The molecule has 26 heavy (non-hydrogen) atoms. The third kappa shape index (κ3) is 4.56. The number of amides is 1. The van der Waals surface area contributed by atoms with Crippen LogP contribution in [-0.4, -0.2) is 39.8 Å². The first-order valence-corrected chi connectivity index (χ1v) is 10.5. The summed E-state index contributed by atoms with van der Waals surface area (Å²) in [4.78, 5) is 17.6. The maximum absolute atomic E-state index is 12.8. The van der Waals surface area contributed by atoms with E-state index in [1.54, 1.807) is 4.90 Å². The van der Waals surface area contributed by atoms with E-state index in [0.717, 1.165) is 29.5 Å². The average molecular weight is 389 g/mol. The van der Waals surface area contributed by atoms with Gasteiger partial charge in [0.15, 0.2) is 0 Å². The summed E-state index contributed by atoms with van der Waals surface area (Å²) in [5.41, 5.74) is 2.47. The summed E-state index contributed by atoms with van der Waals surface area (Å²) in [5.74, 6) is 0.826. The van der Waals surface area contributed by atoms with Crippen molar-refractivity contribution in [1.29, 1.82) is 0 Å². The Morgan fingerprint density at radius 2 is 1.81 bits per heavy atom. The van der Waals surface area contributed by atoms with Crippen LogP contribution in [-0.2, 0) is 10.2 Å². The summed E-state index contributed by atoms with van der Waals surface area (Å²) in [7, 11) is 0. The maximum atomic E-state index is 12.8. The molecule has 0 saturated carbocycles. The number of carbonyl (C=O) groups excluding carboxylic acids is 1. The normalized spacial score (nSPS) is 21.8. The molecule has 2 aliphatic rings. The van der Waals surface area contributed by atoms with Crippen molar-refractivity contribution in [1.82, 2.24) is 9.80 Å². The predicted molar refractivity (Wildman–Crippen MR) is 115 cm³/mol. The lowest BCUT2D eigenvalue weighted by Crippen LogP contribution is -2.43. The van der Waals surface area contributed by atoms with Crippen LogP contribution in [0.5, 0.6) is 0 Å². The lowest BCUT2D eigenvalue weighted by Gasteiger charge is -2.32. The Kier molecular flexibility index (Phi) is 5.90. The average Bonchev–Trinajstić information content (AvgIpc) is 2.84. The second-order valence-electron chi connectivity index (χ2n) is 8.42. The number of thioether (sulfide) groups is 1. The number of piperidine rings is 1. The number of likely N-dealkylation sites (tertiary alicyclic amines) is 1. The molecule has 140 valence electrons. The van der Waals surface area contributed by atoms with E-state index in [2.05, 4.69) is 56.9 Å². The molecule has 0 atom stereocenters. The molecule has 2 fully saturated rings. The second kappa shape index (κ2) is 7.83. The molecule has 2 aliphatic heterocycles. The Hall–Kier alpha value is -1.17. The summed E-state index contributed by atoms with van der Waals surface area (Å²) in [6.45, 7) is 11.6. The highest BCUT2D eigenvalue weighted by Gasteiger charge is 2.33. The van der Waals surface area contributed by atoms with Gasteiger partial charge >= 0.3 is 0 Å². The fourth-order valence-corrected chi connectivity index (χ4v) is 4.50. The van der Waals surface area contributed by atoms with Crippen LogP contribution >= 0.6 is 24.0 Å². The summed E-state index contributed by atoms with van der Waals surface area (Å²) < 4.78 is 0.672. The molecule has 0 aliphatic carbocycles. The largest absolute Gasteiger partial charge is 0.286 e. The molecule has 5 heteroatoms. The predicted octanol–water partition coefficient (Wildman–Crippen LogP) is 4.87. The third-order valence-electron chi connectivity index (χ3n) is 5.17. The third-order valence-corrected chi connectivity index (χ3v) is 6.54. The first-order valence-electron chi connectivity index (χ1n) is 9.32. The Labute approximate surface area is 166 Å². The first-order chi connectivity index (χ1) is 12.2. The van der Waals surface area contributed by atoms with Gasteiger partial charge < -0.3 is 0 Å². The quantitative estimate of drug-likeness (QED) is 0.544. The molecule has 1 amide bonds. The van der Waals surface area contributed by atoms with Gasteiger partial charge in [0, 0.05) is 13.1 Å². The van der Waals surface area contributed by atoms with Crippen molar-refractivity contribution >= 4 is 40.3 Å². The highest BCUT2D eigenvalue weighted by atomic mass is 32.2. The molecule has 0 aromatic heterocycles. The number of hydrogen-bond acceptors (Lipinski definition) is 4. The summed E-state index contributed by atoms with van der Waals surface area (Å²) in [6.07, 6.45) is 4.36. The van der Waals surface area contributed by atoms with Crippen molar-refractivity contribution in [3.05, 3.63) is 40.3 Å². The monoisotopic (exact) mass is 388 g/mol. The van der Waals surface area contributed by atoms with Gasteiger partial charge in [-0.3, -0.25) is 14.6 Å². The van der Waals surface area contributed by atoms with E-state index in [0.29, 0.717) is 11.0 Å². The van der Waals surface area contributed by atoms with Crippen LogP contribution in [0, 0.1) is 5.92 Å². The first kappa shape index (κ1) is 19.6. The molecule has 0 N–H and O–H groups in total. The van der Waals surface area contributed by atoms with Gasteiger partial charge in [0.25, 0.3) is 5.91 Å². The van der Waals surface area contributed by atoms with E-state index < -0.39 is 0 Å². The number of nitrogens with zero attached hydrogens (tertiary/aromatic N) is 2. The number of benzene rings is 1. The molecule has 3 nitrogen and oxygen atoms in total. The van der Waals surface area contributed by atoms with Gasteiger partial charge in [0.2, 0.25) is 0 Å². The van der Waals surface area contributed by atoms with Crippen LogP contribution in [0.2, 0.25) is 0 Å². The van der Waals surface area contributed by atoms with Crippen molar-refractivity contribution in [2.75, 3.05) is 19.8 Å². The molecular formula is C21H28N2OS2. The number of rotatable bonds is 3. The van der Waals surface area contributed by atoms with Crippen LogP contribution in [0.4, 0.5) is 0 Å². The molecule has 1 aromatic rings. The fraction of sp³-hybridized carbons (Fsp3) is 0.524. The Morgan fingerprint density at radius 3 is 2.38 bits per heavy atom. The van der Waals surface area contributed by atoms with Crippen LogP contribution in [0.1, 0.15) is 51.7 Å². The molecule has 2 saturated heterocycles. The molecule has 3 rings (SSSR count). The minimum atomic E-state index is 0.0403. The Balaban J connectivity index is 1.69. The standard InChI is InChI=1S/C21H28N2OS2/c1-15-9-11-22(12-10-15)14-23-19(24)18(26-20(23)25)13-16-5-7-17(8-6-16)21(2,3)4/h5-8,13,15H,9-12,14H2,1-4H3/b18-13-. The zero-order chi connectivity index (χ0) is 18.9. The molecule has 0 spiro atoms. The van der Waals surface area contributed by atoms with Crippen molar-refractivity contribution < 1.29 is 4.79 Å². The zero-order valence-corrected chi connectivity index (χ0v) is 17.8. The number of carbonyl (C=O) groups is 1. The maximum Gasteiger partial charge on any atom is 0.267 e. The van der Waals surface area contributed by atoms with Gasteiger partial charge in [0.1, 0.15) is 4.32 Å². The Bertz CT molecular complexity index is 711. The highest BCUT2D eigenvalue weighted by molar-refractivity contribution is 8.26. The smallest absolute Gasteiger partial charge is 0.267 e. The molecule has 0 unspecified atom stereocenters. The second-order valence-corrected chi connectivity index (χ2v) is 10.1. The van der Waals surface area contributed by atoms with Gasteiger partial charge in [0.05, 0.1) is 11.6 Å². The summed E-state index contributed by atoms with van der Waals surface area (Å²) >= 11 is 6.89. The molecule has 0 bridgehead atoms. The van der Waals surface area contributed by atoms with Gasteiger partial charge in [-0.1, -0.05) is 75.9 Å². The Morgan fingerprint density at radius 1 is 1.19 bits per heavy atom. The highest BCUT2D eigenvalue weighted by Crippen LogP contribution is 2.33. The number of thiocarbonyl (C=S) groups is 1. The van der Waals surface area contributed by atoms with Gasteiger partial charge in [-0.25, -0.2) is 0 Å².